The van der Waals surface area contributed by atoms with Gasteiger partial charge in [0.05, 0.1) is 6.61 Å². The summed E-state index contributed by atoms with van der Waals surface area (Å²) >= 11 is 0. The molecule has 0 saturated carbocycles. The topological polar surface area (TPSA) is 98.0 Å². The van der Waals surface area contributed by atoms with Crippen molar-refractivity contribution >= 4 is 5.95 Å². The number of aromatic nitrogens is 2. The van der Waals surface area contributed by atoms with E-state index in [4.69, 9.17) is 14.9 Å². The monoisotopic (exact) mass is 244 g/mol. The first kappa shape index (κ1) is 11.9. The molecule has 6 nitrogen and oxygen atoms in total. The number of nitrogens with zero attached hydrogens (tertiary/aromatic N) is 3. The van der Waals surface area contributed by atoms with E-state index in [1.165, 1.54) is 0 Å². The van der Waals surface area contributed by atoms with Gasteiger partial charge >= 0.3 is 0 Å². The van der Waals surface area contributed by atoms with Gasteiger partial charge in [0, 0.05) is 0 Å². The standard InChI is InChI=1S/C12H12N4O2/c1-3-17-11-8(6-13)10(15-12(14)16-11)9-5-4-7(2)18-9/h4-5H,3H2,1-2H3,(H2,14,15,16). The van der Waals surface area contributed by atoms with Crippen LogP contribution in [0.25, 0.3) is 11.5 Å². The average Bonchev–Trinajstić information content (AvgIpc) is 2.75. The molecular weight excluding hydrogens is 232 g/mol. The van der Waals surface area contributed by atoms with Crippen LogP contribution in [0.4, 0.5) is 5.95 Å². The lowest BCUT2D eigenvalue weighted by Crippen LogP contribution is -2.05. The minimum absolute atomic E-state index is 0.0431. The number of nitriles is 1. The lowest BCUT2D eigenvalue weighted by atomic mass is 10.2. The SMILES string of the molecule is CCOc1nc(N)nc(-c2ccc(C)o2)c1C#N. The molecule has 2 N–H and O–H groups in total. The summed E-state index contributed by atoms with van der Waals surface area (Å²) in [7, 11) is 0. The summed E-state index contributed by atoms with van der Waals surface area (Å²) in [6, 6.07) is 5.54. The molecule has 0 spiro atoms. The van der Waals surface area contributed by atoms with E-state index in [9.17, 15) is 5.26 Å². The van der Waals surface area contributed by atoms with Crippen LogP contribution in [-0.4, -0.2) is 16.6 Å². The molecule has 0 atom stereocenters. The number of furan rings is 1. The van der Waals surface area contributed by atoms with Crippen LogP contribution >= 0.6 is 0 Å². The van der Waals surface area contributed by atoms with Crippen molar-refractivity contribution in [2.45, 2.75) is 13.8 Å². The second-order valence-corrected chi connectivity index (χ2v) is 3.57. The van der Waals surface area contributed by atoms with Crippen molar-refractivity contribution in [2.75, 3.05) is 12.3 Å². The Morgan fingerprint density at radius 2 is 2.22 bits per heavy atom. The second-order valence-electron chi connectivity index (χ2n) is 3.57. The fourth-order valence-corrected chi connectivity index (χ4v) is 1.54. The smallest absolute Gasteiger partial charge is 0.237 e. The van der Waals surface area contributed by atoms with Crippen LogP contribution in [0.2, 0.25) is 0 Å². The normalized spacial score (nSPS) is 10.1. The summed E-state index contributed by atoms with van der Waals surface area (Å²) in [4.78, 5) is 7.95. The molecule has 92 valence electrons. The molecule has 0 aliphatic rings. The molecule has 2 aromatic heterocycles. The molecular formula is C12H12N4O2. The summed E-state index contributed by atoms with van der Waals surface area (Å²) < 4.78 is 10.7. The van der Waals surface area contributed by atoms with Gasteiger partial charge in [-0.1, -0.05) is 0 Å². The Bertz CT molecular complexity index is 613. The van der Waals surface area contributed by atoms with Crippen molar-refractivity contribution in [3.63, 3.8) is 0 Å². The van der Waals surface area contributed by atoms with Crippen LogP contribution in [0.3, 0.4) is 0 Å². The molecule has 2 rings (SSSR count). The third-order valence-corrected chi connectivity index (χ3v) is 2.26. The van der Waals surface area contributed by atoms with Gasteiger partial charge < -0.3 is 14.9 Å². The molecule has 18 heavy (non-hydrogen) atoms. The summed E-state index contributed by atoms with van der Waals surface area (Å²) in [5.74, 6) is 1.42. The number of aryl methyl sites for hydroxylation is 1. The highest BCUT2D eigenvalue weighted by Gasteiger charge is 2.18. The van der Waals surface area contributed by atoms with Crippen molar-refractivity contribution < 1.29 is 9.15 Å². The van der Waals surface area contributed by atoms with E-state index in [0.29, 0.717) is 18.1 Å². The second kappa shape index (κ2) is 4.75. The van der Waals surface area contributed by atoms with Crippen LogP contribution in [0.1, 0.15) is 18.2 Å². The Labute approximate surface area is 104 Å². The van der Waals surface area contributed by atoms with E-state index >= 15 is 0 Å². The molecule has 0 amide bonds. The predicted molar refractivity (Wildman–Crippen MR) is 64.8 cm³/mol. The quantitative estimate of drug-likeness (QED) is 0.885. The molecule has 0 bridgehead atoms. The average molecular weight is 244 g/mol. The van der Waals surface area contributed by atoms with Gasteiger partial charge in [-0.2, -0.15) is 10.2 Å². The molecule has 0 unspecified atom stereocenters. The zero-order chi connectivity index (χ0) is 13.1. The van der Waals surface area contributed by atoms with E-state index in [-0.39, 0.29) is 17.4 Å². The Kier molecular flexibility index (Phi) is 3.15. The third-order valence-electron chi connectivity index (χ3n) is 2.26. The first-order valence-electron chi connectivity index (χ1n) is 5.43. The minimum atomic E-state index is 0.0431. The summed E-state index contributed by atoms with van der Waals surface area (Å²) in [5.41, 5.74) is 6.18. The van der Waals surface area contributed by atoms with Crippen molar-refractivity contribution in [1.29, 1.82) is 5.26 Å². The molecule has 2 aromatic rings. The lowest BCUT2D eigenvalue weighted by Gasteiger charge is -2.07. The van der Waals surface area contributed by atoms with Crippen molar-refractivity contribution in [1.82, 2.24) is 9.97 Å². The van der Waals surface area contributed by atoms with Gasteiger partial charge in [0.15, 0.2) is 5.76 Å². The van der Waals surface area contributed by atoms with Crippen LogP contribution in [0.5, 0.6) is 5.88 Å². The van der Waals surface area contributed by atoms with Crippen LogP contribution in [0, 0.1) is 18.3 Å². The van der Waals surface area contributed by atoms with Gasteiger partial charge in [0.1, 0.15) is 23.1 Å². The largest absolute Gasteiger partial charge is 0.477 e. The first-order valence-corrected chi connectivity index (χ1v) is 5.43. The predicted octanol–water partition coefficient (Wildman–Crippen LogP) is 1.90. The minimum Gasteiger partial charge on any atom is -0.477 e. The summed E-state index contributed by atoms with van der Waals surface area (Å²) in [6.07, 6.45) is 0. The Balaban J connectivity index is 2.63. The molecule has 0 saturated heterocycles. The number of hydrogen-bond acceptors (Lipinski definition) is 6. The maximum absolute atomic E-state index is 9.19. The van der Waals surface area contributed by atoms with E-state index in [1.807, 2.05) is 13.0 Å². The summed E-state index contributed by atoms with van der Waals surface area (Å²) in [5, 5.41) is 9.19. The Morgan fingerprint density at radius 3 is 2.78 bits per heavy atom. The van der Waals surface area contributed by atoms with Gasteiger partial charge in [-0.3, -0.25) is 0 Å². The van der Waals surface area contributed by atoms with E-state index in [2.05, 4.69) is 9.97 Å². The summed E-state index contributed by atoms with van der Waals surface area (Å²) in [6.45, 7) is 4.00. The molecule has 0 aliphatic carbocycles. The highest BCUT2D eigenvalue weighted by atomic mass is 16.5. The maximum Gasteiger partial charge on any atom is 0.237 e. The number of nitrogen functional groups attached to an aromatic ring is 1. The zero-order valence-corrected chi connectivity index (χ0v) is 10.1. The lowest BCUT2D eigenvalue weighted by molar-refractivity contribution is 0.326. The highest BCUT2D eigenvalue weighted by molar-refractivity contribution is 5.66. The molecule has 0 aromatic carbocycles. The number of anilines is 1. The number of nitrogens with two attached hydrogens (primary N) is 1. The van der Waals surface area contributed by atoms with Crippen LogP contribution < -0.4 is 10.5 Å². The van der Waals surface area contributed by atoms with Gasteiger partial charge in [-0.25, -0.2) is 4.98 Å². The molecule has 6 heteroatoms. The van der Waals surface area contributed by atoms with Crippen molar-refractivity contribution in [3.8, 4) is 23.4 Å². The number of hydrogen-bond donors (Lipinski definition) is 1. The van der Waals surface area contributed by atoms with E-state index in [1.54, 1.807) is 19.1 Å². The zero-order valence-electron chi connectivity index (χ0n) is 10.1. The van der Waals surface area contributed by atoms with Gasteiger partial charge in [-0.05, 0) is 26.0 Å². The van der Waals surface area contributed by atoms with Crippen molar-refractivity contribution in [3.05, 3.63) is 23.5 Å². The fraction of sp³-hybridized carbons (Fsp3) is 0.250. The van der Waals surface area contributed by atoms with Crippen molar-refractivity contribution in [2.24, 2.45) is 0 Å². The van der Waals surface area contributed by atoms with Gasteiger partial charge in [0.25, 0.3) is 0 Å². The van der Waals surface area contributed by atoms with Gasteiger partial charge in [0.2, 0.25) is 11.8 Å². The van der Waals surface area contributed by atoms with Gasteiger partial charge in [-0.15, -0.1) is 0 Å². The van der Waals surface area contributed by atoms with Crippen LogP contribution in [0.15, 0.2) is 16.5 Å². The molecule has 2 heterocycles. The number of rotatable bonds is 3. The first-order chi connectivity index (χ1) is 8.65. The fourth-order valence-electron chi connectivity index (χ4n) is 1.54. The molecule has 0 fully saturated rings. The van der Waals surface area contributed by atoms with E-state index in [0.717, 1.165) is 5.76 Å². The maximum atomic E-state index is 9.19. The Morgan fingerprint density at radius 1 is 1.44 bits per heavy atom. The number of ether oxygens (including phenoxy) is 1. The highest BCUT2D eigenvalue weighted by Crippen LogP contribution is 2.29. The molecule has 0 aliphatic heterocycles. The third kappa shape index (κ3) is 2.11. The van der Waals surface area contributed by atoms with E-state index < -0.39 is 0 Å². The molecule has 0 radical (unpaired) electrons. The Hall–Kier alpha value is -2.55. The van der Waals surface area contributed by atoms with Crippen LogP contribution in [-0.2, 0) is 0 Å².